The third kappa shape index (κ3) is 18.1. The summed E-state index contributed by atoms with van der Waals surface area (Å²) in [6, 6.07) is 11.2. The number of allylic oxidation sites excluding steroid dienone is 4. The highest BCUT2D eigenvalue weighted by molar-refractivity contribution is 5.79. The van der Waals surface area contributed by atoms with E-state index < -0.39 is 17.6 Å². The topological polar surface area (TPSA) is 67.0 Å². The monoisotopic (exact) mass is 659 g/mol. The Labute approximate surface area is 279 Å². The molecular weight excluding hydrogens is 606 g/mol. The number of halogens is 4. The molecule has 0 saturated carbocycles. The van der Waals surface area contributed by atoms with Crippen molar-refractivity contribution >= 4 is 10.9 Å². The van der Waals surface area contributed by atoms with Gasteiger partial charge in [0.2, 0.25) is 0 Å². The van der Waals surface area contributed by atoms with Gasteiger partial charge in [-0.1, -0.05) is 62.4 Å². The van der Waals surface area contributed by atoms with Crippen LogP contribution in [0.1, 0.15) is 84.0 Å². The van der Waals surface area contributed by atoms with Crippen molar-refractivity contribution in [3.8, 4) is 6.07 Å². The number of unbranched alkanes of at least 4 members (excludes halogenated alkanes) is 1. The van der Waals surface area contributed by atoms with Crippen LogP contribution in [-0.2, 0) is 17.5 Å². The summed E-state index contributed by atoms with van der Waals surface area (Å²) in [5.41, 5.74) is 0.0480. The molecule has 9 heteroatoms. The van der Waals surface area contributed by atoms with Gasteiger partial charge >= 0.3 is 6.18 Å². The Morgan fingerprint density at radius 2 is 1.66 bits per heavy atom. The Hall–Kier alpha value is -4.00. The van der Waals surface area contributed by atoms with Crippen molar-refractivity contribution in [3.63, 3.8) is 0 Å². The summed E-state index contributed by atoms with van der Waals surface area (Å²) in [7, 11) is 3.44. The first-order chi connectivity index (χ1) is 22.3. The molecule has 1 heterocycles. The molecule has 0 saturated heterocycles. The van der Waals surface area contributed by atoms with E-state index in [0.717, 1.165) is 25.2 Å². The molecule has 5 nitrogen and oxygen atoms in total. The first kappa shape index (κ1) is 45.1. The van der Waals surface area contributed by atoms with Crippen LogP contribution in [0.25, 0.3) is 10.9 Å². The van der Waals surface area contributed by atoms with Gasteiger partial charge in [-0.15, -0.1) is 6.58 Å². The van der Waals surface area contributed by atoms with E-state index in [9.17, 15) is 22.4 Å². The lowest BCUT2D eigenvalue weighted by Crippen LogP contribution is -2.23. The number of benzene rings is 2. The minimum Gasteiger partial charge on any atom is -0.384 e. The van der Waals surface area contributed by atoms with Gasteiger partial charge in [-0.05, 0) is 78.3 Å². The number of nitrogens with zero attached hydrogens (tertiary/aromatic N) is 2. The van der Waals surface area contributed by atoms with Crippen molar-refractivity contribution in [1.82, 2.24) is 9.88 Å². The molecule has 0 spiro atoms. The van der Waals surface area contributed by atoms with Crippen LogP contribution in [0.3, 0.4) is 0 Å². The van der Waals surface area contributed by atoms with Crippen molar-refractivity contribution in [2.45, 2.75) is 80.1 Å². The van der Waals surface area contributed by atoms with Crippen LogP contribution < -0.4 is 10.7 Å². The van der Waals surface area contributed by atoms with E-state index in [-0.39, 0.29) is 23.6 Å². The Balaban J connectivity index is 0. The molecule has 1 N–H and O–H groups in total. The number of methoxy groups -OCH3 is 1. The van der Waals surface area contributed by atoms with Crippen molar-refractivity contribution in [2.24, 2.45) is 5.92 Å². The number of rotatable bonds is 8. The highest BCUT2D eigenvalue weighted by atomic mass is 19.4. The van der Waals surface area contributed by atoms with Crippen LogP contribution in [0.2, 0.25) is 0 Å². The van der Waals surface area contributed by atoms with Crippen LogP contribution in [0.4, 0.5) is 17.6 Å². The second-order valence-corrected chi connectivity index (χ2v) is 10.3. The van der Waals surface area contributed by atoms with Gasteiger partial charge < -0.3 is 14.6 Å². The van der Waals surface area contributed by atoms with Crippen molar-refractivity contribution in [3.05, 3.63) is 118 Å². The molecule has 0 bridgehead atoms. The van der Waals surface area contributed by atoms with E-state index in [2.05, 4.69) is 24.9 Å². The highest BCUT2D eigenvalue weighted by Gasteiger charge is 2.31. The first-order valence-corrected chi connectivity index (χ1v) is 15.6. The van der Waals surface area contributed by atoms with Crippen LogP contribution in [0, 0.1) is 23.1 Å². The van der Waals surface area contributed by atoms with Gasteiger partial charge in [-0.3, -0.25) is 4.79 Å². The fraction of sp³-hybridized carbons (Fsp3) is 0.421. The van der Waals surface area contributed by atoms with E-state index in [1.165, 1.54) is 0 Å². The number of ether oxygens (including phenoxy) is 1. The summed E-state index contributed by atoms with van der Waals surface area (Å²) < 4.78 is 59.1. The van der Waals surface area contributed by atoms with Gasteiger partial charge in [0, 0.05) is 42.3 Å². The standard InChI is InChI=1S/C20H18F4N2O.C7H14O.C4H7N.C4H8.C3H6/c1-12(25-2)16-11-26(18-6-4-3-5-15(18)19(16)27)10-13-7-8-14(9-17(13)21)20(22,23)24;1-4-5-7(2)6-8-3;1-2-3-4-5;1-3-4-2;1-3-2/h3-9,11-12,25H,10H2,1-2H3;4-5,7H,6H2,1-3H3;2-3H2,1H3;3-4H,1-2H3;3H,1H2,2H3/b;5-4+;;4-3-;. The molecule has 2 aromatic carbocycles. The number of nitrogens with one attached hydrogen (secondary N) is 1. The predicted octanol–water partition coefficient (Wildman–Crippen LogP) is 10.4. The summed E-state index contributed by atoms with van der Waals surface area (Å²) in [6.45, 7) is 18.0. The minimum atomic E-state index is -4.60. The molecular formula is C38H53F4N3O2. The molecule has 3 rings (SSSR count). The number of nitriles is 1. The zero-order chi connectivity index (χ0) is 36.4. The maximum atomic E-state index is 14.3. The summed E-state index contributed by atoms with van der Waals surface area (Å²) in [5.74, 6) is -0.374. The Kier molecular flexibility index (Phi) is 25.1. The number of alkyl halides is 3. The molecule has 3 aromatic rings. The zero-order valence-corrected chi connectivity index (χ0v) is 29.4. The van der Waals surface area contributed by atoms with Crippen molar-refractivity contribution < 1.29 is 22.3 Å². The molecule has 0 radical (unpaired) electrons. The Morgan fingerprint density at radius 1 is 1.06 bits per heavy atom. The van der Waals surface area contributed by atoms with Crippen LogP contribution >= 0.6 is 0 Å². The fourth-order valence-corrected chi connectivity index (χ4v) is 3.76. The predicted molar refractivity (Wildman–Crippen MR) is 189 cm³/mol. The molecule has 0 amide bonds. The van der Waals surface area contributed by atoms with Crippen molar-refractivity contribution in [2.75, 3.05) is 20.8 Å². The lowest BCUT2D eigenvalue weighted by atomic mass is 10.1. The summed E-state index contributed by atoms with van der Waals surface area (Å²) >= 11 is 0. The normalized spacial score (nSPS) is 11.8. The van der Waals surface area contributed by atoms with E-state index >= 15 is 0 Å². The van der Waals surface area contributed by atoms with Crippen LogP contribution in [0.5, 0.6) is 0 Å². The largest absolute Gasteiger partial charge is 0.416 e. The van der Waals surface area contributed by atoms with Gasteiger partial charge in [0.15, 0.2) is 5.43 Å². The van der Waals surface area contributed by atoms with Gasteiger partial charge in [-0.25, -0.2) is 4.39 Å². The van der Waals surface area contributed by atoms with Crippen LogP contribution in [0.15, 0.2) is 90.4 Å². The van der Waals surface area contributed by atoms with E-state index in [4.69, 9.17) is 10.00 Å². The molecule has 0 aliphatic heterocycles. The first-order valence-electron chi connectivity index (χ1n) is 15.6. The van der Waals surface area contributed by atoms with Crippen LogP contribution in [-0.4, -0.2) is 25.3 Å². The maximum Gasteiger partial charge on any atom is 0.416 e. The summed E-state index contributed by atoms with van der Waals surface area (Å²) in [6.07, 6.45) is 8.63. The summed E-state index contributed by atoms with van der Waals surface area (Å²) in [4.78, 5) is 12.7. The lowest BCUT2D eigenvalue weighted by Gasteiger charge is -2.17. The fourth-order valence-electron chi connectivity index (χ4n) is 3.76. The van der Waals surface area contributed by atoms with Gasteiger partial charge in [0.25, 0.3) is 0 Å². The third-order valence-corrected chi connectivity index (χ3v) is 6.28. The molecule has 47 heavy (non-hydrogen) atoms. The molecule has 0 fully saturated rings. The van der Waals surface area contributed by atoms with Gasteiger partial charge in [0.1, 0.15) is 5.82 Å². The molecule has 1 aromatic heterocycles. The summed E-state index contributed by atoms with van der Waals surface area (Å²) in [5, 5.41) is 11.3. The second-order valence-electron chi connectivity index (χ2n) is 10.3. The van der Waals surface area contributed by atoms with E-state index in [1.807, 2.05) is 65.8 Å². The molecule has 0 aliphatic carbocycles. The average molecular weight is 660 g/mol. The maximum absolute atomic E-state index is 14.3. The van der Waals surface area contributed by atoms with Gasteiger partial charge in [-0.2, -0.15) is 18.4 Å². The molecule has 260 valence electrons. The van der Waals surface area contributed by atoms with Crippen molar-refractivity contribution in [1.29, 1.82) is 5.26 Å². The number of hydrogen-bond acceptors (Lipinski definition) is 4. The minimum absolute atomic E-state index is 0.00813. The molecule has 2 unspecified atom stereocenters. The number of aromatic nitrogens is 1. The molecule has 0 aliphatic rings. The Morgan fingerprint density at radius 3 is 2.09 bits per heavy atom. The third-order valence-electron chi connectivity index (χ3n) is 6.28. The Bertz CT molecular complexity index is 1450. The van der Waals surface area contributed by atoms with Gasteiger partial charge in [0.05, 0.1) is 30.3 Å². The highest BCUT2D eigenvalue weighted by Crippen LogP contribution is 2.30. The van der Waals surface area contributed by atoms with E-state index in [1.54, 1.807) is 55.3 Å². The molecule has 2 atom stereocenters. The number of hydrogen-bond donors (Lipinski definition) is 1. The smallest absolute Gasteiger partial charge is 0.384 e. The number of fused-ring (bicyclic) bond motifs is 1. The number of para-hydroxylation sites is 1. The zero-order valence-electron chi connectivity index (χ0n) is 29.4. The lowest BCUT2D eigenvalue weighted by molar-refractivity contribution is -0.137. The average Bonchev–Trinajstić information content (AvgIpc) is 3.04. The van der Waals surface area contributed by atoms with E-state index in [0.29, 0.717) is 34.9 Å². The number of pyridine rings is 1. The quantitative estimate of drug-likeness (QED) is 0.193. The SMILES string of the molecule is C/C=C/C(C)COC.C/C=C\C.C=CC.CCCC#N.CNC(C)c1cn(Cc2ccc(C(F)(F)F)cc2F)c2ccccc2c1=O. The second kappa shape index (κ2) is 26.1.